The molecule has 0 saturated heterocycles. The Morgan fingerprint density at radius 1 is 1.17 bits per heavy atom. The Labute approximate surface area is 136 Å². The summed E-state index contributed by atoms with van der Waals surface area (Å²) in [5.41, 5.74) is 2.54. The highest BCUT2D eigenvalue weighted by molar-refractivity contribution is 6.03. The van der Waals surface area contributed by atoms with Gasteiger partial charge in [0.05, 0.1) is 12.0 Å². The SMILES string of the molecule is O=C(Nc1ccc(-n2cccn2)cc1)c1cc(-c2ccco2)[nH]n1. The number of carbonyl (C=O) groups is 1. The number of aromatic amines is 1. The van der Waals surface area contributed by atoms with E-state index >= 15 is 0 Å². The third-order valence-electron chi connectivity index (χ3n) is 3.49. The lowest BCUT2D eigenvalue weighted by atomic mass is 10.2. The summed E-state index contributed by atoms with van der Waals surface area (Å²) in [5, 5.41) is 13.8. The van der Waals surface area contributed by atoms with Gasteiger partial charge in [-0.15, -0.1) is 0 Å². The highest BCUT2D eigenvalue weighted by Crippen LogP contribution is 2.19. The van der Waals surface area contributed by atoms with Crippen LogP contribution in [0.3, 0.4) is 0 Å². The topological polar surface area (TPSA) is 88.7 Å². The summed E-state index contributed by atoms with van der Waals surface area (Å²) in [7, 11) is 0. The van der Waals surface area contributed by atoms with Gasteiger partial charge in [0.1, 0.15) is 5.69 Å². The number of nitrogens with zero attached hydrogens (tertiary/aromatic N) is 3. The monoisotopic (exact) mass is 319 g/mol. The Kier molecular flexibility index (Phi) is 3.43. The van der Waals surface area contributed by atoms with Gasteiger partial charge in [-0.2, -0.15) is 10.2 Å². The Hall–Kier alpha value is -3.61. The van der Waals surface area contributed by atoms with Crippen molar-refractivity contribution >= 4 is 11.6 Å². The van der Waals surface area contributed by atoms with E-state index in [0.717, 1.165) is 5.69 Å². The van der Waals surface area contributed by atoms with Crippen LogP contribution in [0.2, 0.25) is 0 Å². The normalized spacial score (nSPS) is 10.7. The van der Waals surface area contributed by atoms with E-state index in [1.165, 1.54) is 0 Å². The van der Waals surface area contributed by atoms with Crippen LogP contribution in [0.4, 0.5) is 5.69 Å². The van der Waals surface area contributed by atoms with Gasteiger partial charge < -0.3 is 9.73 Å². The van der Waals surface area contributed by atoms with Gasteiger partial charge in [0.2, 0.25) is 0 Å². The molecule has 0 spiro atoms. The zero-order valence-electron chi connectivity index (χ0n) is 12.5. The standard InChI is InChI=1S/C17H13N5O2/c23-17(15-11-14(20-21-15)16-3-1-10-24-16)19-12-4-6-13(7-5-12)22-9-2-8-18-22/h1-11H,(H,19,23)(H,20,21). The van der Waals surface area contributed by atoms with Gasteiger partial charge in [-0.25, -0.2) is 4.68 Å². The summed E-state index contributed by atoms with van der Waals surface area (Å²) < 4.78 is 7.01. The molecule has 7 heteroatoms. The molecule has 3 heterocycles. The van der Waals surface area contributed by atoms with E-state index in [-0.39, 0.29) is 11.6 Å². The van der Waals surface area contributed by atoms with Gasteiger partial charge in [-0.3, -0.25) is 9.89 Å². The molecule has 0 saturated carbocycles. The predicted molar refractivity (Wildman–Crippen MR) is 87.8 cm³/mol. The Balaban J connectivity index is 1.48. The van der Waals surface area contributed by atoms with Crippen molar-refractivity contribution in [1.82, 2.24) is 20.0 Å². The highest BCUT2D eigenvalue weighted by Gasteiger charge is 2.13. The molecule has 3 aromatic heterocycles. The molecule has 7 nitrogen and oxygen atoms in total. The minimum absolute atomic E-state index is 0.289. The number of hydrogen-bond acceptors (Lipinski definition) is 4. The number of furan rings is 1. The molecule has 0 atom stereocenters. The van der Waals surface area contributed by atoms with Gasteiger partial charge >= 0.3 is 0 Å². The first-order valence-corrected chi connectivity index (χ1v) is 7.30. The second kappa shape index (κ2) is 5.88. The summed E-state index contributed by atoms with van der Waals surface area (Å²) >= 11 is 0. The molecule has 0 radical (unpaired) electrons. The van der Waals surface area contributed by atoms with Crippen molar-refractivity contribution in [3.05, 3.63) is 72.9 Å². The molecular formula is C17H13N5O2. The molecule has 118 valence electrons. The molecule has 0 aliphatic carbocycles. The molecule has 0 fully saturated rings. The van der Waals surface area contributed by atoms with Crippen molar-refractivity contribution in [3.8, 4) is 17.1 Å². The quantitative estimate of drug-likeness (QED) is 0.605. The van der Waals surface area contributed by atoms with E-state index in [4.69, 9.17) is 4.42 Å². The average molecular weight is 319 g/mol. The first kappa shape index (κ1) is 14.0. The second-order valence-electron chi connectivity index (χ2n) is 5.10. The fourth-order valence-electron chi connectivity index (χ4n) is 2.31. The van der Waals surface area contributed by atoms with E-state index < -0.39 is 0 Å². The number of anilines is 1. The molecule has 2 N–H and O–H groups in total. The lowest BCUT2D eigenvalue weighted by Gasteiger charge is -2.05. The van der Waals surface area contributed by atoms with Gasteiger partial charge in [-0.1, -0.05) is 0 Å². The maximum atomic E-state index is 12.3. The second-order valence-corrected chi connectivity index (χ2v) is 5.10. The first-order chi connectivity index (χ1) is 11.8. The molecule has 0 bridgehead atoms. The van der Waals surface area contributed by atoms with E-state index in [1.54, 1.807) is 35.3 Å². The van der Waals surface area contributed by atoms with Crippen molar-refractivity contribution in [2.24, 2.45) is 0 Å². The van der Waals surface area contributed by atoms with Gasteiger partial charge in [-0.05, 0) is 42.5 Å². The van der Waals surface area contributed by atoms with Crippen molar-refractivity contribution in [1.29, 1.82) is 0 Å². The third-order valence-corrected chi connectivity index (χ3v) is 3.49. The number of H-pyrrole nitrogens is 1. The molecule has 0 aliphatic rings. The van der Waals surface area contributed by atoms with Crippen LogP contribution in [-0.4, -0.2) is 25.9 Å². The maximum absolute atomic E-state index is 12.3. The van der Waals surface area contributed by atoms with Crippen LogP contribution in [0, 0.1) is 0 Å². The minimum atomic E-state index is -0.295. The van der Waals surface area contributed by atoms with Crippen LogP contribution in [0.5, 0.6) is 0 Å². The molecule has 0 unspecified atom stereocenters. The minimum Gasteiger partial charge on any atom is -0.463 e. The largest absolute Gasteiger partial charge is 0.463 e. The van der Waals surface area contributed by atoms with Crippen molar-refractivity contribution in [3.63, 3.8) is 0 Å². The van der Waals surface area contributed by atoms with E-state index in [2.05, 4.69) is 20.6 Å². The molecule has 1 amide bonds. The lowest BCUT2D eigenvalue weighted by molar-refractivity contribution is 0.102. The predicted octanol–water partition coefficient (Wildman–Crippen LogP) is 3.11. The Bertz CT molecular complexity index is 937. The van der Waals surface area contributed by atoms with Crippen LogP contribution >= 0.6 is 0 Å². The summed E-state index contributed by atoms with van der Waals surface area (Å²) in [6.45, 7) is 0. The van der Waals surface area contributed by atoms with Crippen LogP contribution in [0.25, 0.3) is 17.1 Å². The number of benzene rings is 1. The van der Waals surface area contributed by atoms with Crippen molar-refractivity contribution < 1.29 is 9.21 Å². The molecular weight excluding hydrogens is 306 g/mol. The summed E-state index contributed by atoms with van der Waals surface area (Å²) in [6.07, 6.45) is 5.13. The summed E-state index contributed by atoms with van der Waals surface area (Å²) in [6, 6.07) is 14.4. The molecule has 4 rings (SSSR count). The number of hydrogen-bond donors (Lipinski definition) is 2. The van der Waals surface area contributed by atoms with E-state index in [1.807, 2.05) is 36.5 Å². The number of rotatable bonds is 4. The van der Waals surface area contributed by atoms with Crippen molar-refractivity contribution in [2.45, 2.75) is 0 Å². The van der Waals surface area contributed by atoms with Gasteiger partial charge in [0, 0.05) is 24.1 Å². The Morgan fingerprint density at radius 2 is 2.04 bits per heavy atom. The summed E-state index contributed by atoms with van der Waals surface area (Å²) in [5.74, 6) is 0.334. The highest BCUT2D eigenvalue weighted by atomic mass is 16.3. The van der Waals surface area contributed by atoms with Crippen LogP contribution in [0.1, 0.15) is 10.5 Å². The fraction of sp³-hybridized carbons (Fsp3) is 0. The Morgan fingerprint density at radius 3 is 2.75 bits per heavy atom. The molecule has 4 aromatic rings. The van der Waals surface area contributed by atoms with Crippen LogP contribution in [0.15, 0.2) is 71.6 Å². The number of aromatic nitrogens is 4. The van der Waals surface area contributed by atoms with Crippen LogP contribution in [-0.2, 0) is 0 Å². The number of nitrogens with one attached hydrogen (secondary N) is 2. The number of amides is 1. The molecule has 1 aromatic carbocycles. The fourth-order valence-corrected chi connectivity index (χ4v) is 2.31. The van der Waals surface area contributed by atoms with E-state index in [9.17, 15) is 4.79 Å². The zero-order chi connectivity index (χ0) is 16.4. The van der Waals surface area contributed by atoms with Gasteiger partial charge in [0.25, 0.3) is 5.91 Å². The van der Waals surface area contributed by atoms with Crippen LogP contribution < -0.4 is 5.32 Å². The first-order valence-electron chi connectivity index (χ1n) is 7.30. The number of carbonyl (C=O) groups excluding carboxylic acids is 1. The maximum Gasteiger partial charge on any atom is 0.276 e. The average Bonchev–Trinajstić information content (AvgIpc) is 3.35. The lowest BCUT2D eigenvalue weighted by Crippen LogP contribution is -2.12. The molecule has 24 heavy (non-hydrogen) atoms. The van der Waals surface area contributed by atoms with E-state index in [0.29, 0.717) is 17.1 Å². The van der Waals surface area contributed by atoms with Crippen molar-refractivity contribution in [2.75, 3.05) is 5.32 Å². The smallest absolute Gasteiger partial charge is 0.276 e. The zero-order valence-corrected chi connectivity index (χ0v) is 12.5. The van der Waals surface area contributed by atoms with Gasteiger partial charge in [0.15, 0.2) is 11.5 Å². The third kappa shape index (κ3) is 2.70. The molecule has 0 aliphatic heterocycles. The summed E-state index contributed by atoms with van der Waals surface area (Å²) in [4.78, 5) is 12.3.